The number of alkyl halides is 3. The minimum absolute atomic E-state index is 0.0918. The molecule has 0 unspecified atom stereocenters. The average Bonchev–Trinajstić information content (AvgIpc) is 3.16. The van der Waals surface area contributed by atoms with Crippen LogP contribution in [0.2, 0.25) is 0 Å². The van der Waals surface area contributed by atoms with Crippen molar-refractivity contribution in [1.82, 2.24) is 14.5 Å². The lowest BCUT2D eigenvalue weighted by Gasteiger charge is -2.32. The van der Waals surface area contributed by atoms with Crippen LogP contribution in [0.3, 0.4) is 0 Å². The maximum atomic E-state index is 13.5. The van der Waals surface area contributed by atoms with Gasteiger partial charge in [0.25, 0.3) is 0 Å². The van der Waals surface area contributed by atoms with Gasteiger partial charge in [-0.1, -0.05) is 12.1 Å². The van der Waals surface area contributed by atoms with Crippen LogP contribution in [0.25, 0.3) is 11.0 Å². The second kappa shape index (κ2) is 9.82. The first-order chi connectivity index (χ1) is 15.8. The van der Waals surface area contributed by atoms with Gasteiger partial charge in [0, 0.05) is 12.2 Å². The van der Waals surface area contributed by atoms with Crippen molar-refractivity contribution in [3.63, 3.8) is 0 Å². The van der Waals surface area contributed by atoms with E-state index in [1.807, 2.05) is 11.8 Å². The Kier molecular flexibility index (Phi) is 6.88. The first kappa shape index (κ1) is 23.1. The molecule has 1 saturated heterocycles. The van der Waals surface area contributed by atoms with Gasteiger partial charge in [-0.25, -0.2) is 4.98 Å². The lowest BCUT2D eigenvalue weighted by Crippen LogP contribution is -2.40. The summed E-state index contributed by atoms with van der Waals surface area (Å²) >= 11 is 0. The molecule has 2 heterocycles. The summed E-state index contributed by atoms with van der Waals surface area (Å²) in [5, 5.41) is 2.88. The van der Waals surface area contributed by atoms with E-state index in [9.17, 15) is 18.0 Å². The van der Waals surface area contributed by atoms with Gasteiger partial charge in [-0.2, -0.15) is 13.2 Å². The zero-order valence-electron chi connectivity index (χ0n) is 18.4. The number of benzene rings is 2. The number of nitrogens with one attached hydrogen (secondary N) is 1. The topological polar surface area (TPSA) is 59.4 Å². The maximum Gasteiger partial charge on any atom is 0.449 e. The molecule has 3 aromatic rings. The summed E-state index contributed by atoms with van der Waals surface area (Å²) in [6, 6.07) is 13.9. The van der Waals surface area contributed by atoms with E-state index in [2.05, 4.69) is 10.3 Å². The monoisotopic (exact) mass is 460 g/mol. The van der Waals surface area contributed by atoms with Gasteiger partial charge < -0.3 is 14.6 Å². The number of imidazole rings is 1. The molecule has 0 bridgehead atoms. The Morgan fingerprint density at radius 1 is 1.12 bits per heavy atom. The summed E-state index contributed by atoms with van der Waals surface area (Å²) in [5.74, 6) is -0.121. The number of anilines is 1. The van der Waals surface area contributed by atoms with E-state index >= 15 is 0 Å². The van der Waals surface area contributed by atoms with Crippen LogP contribution in [-0.2, 0) is 17.5 Å². The number of carbonyl (C=O) groups is 1. The average molecular weight is 461 g/mol. The summed E-state index contributed by atoms with van der Waals surface area (Å²) in [5.41, 5.74) is 1.56. The van der Waals surface area contributed by atoms with Crippen molar-refractivity contribution < 1.29 is 22.7 Å². The zero-order chi connectivity index (χ0) is 23.4. The normalized spacial score (nSPS) is 15.6. The summed E-state index contributed by atoms with van der Waals surface area (Å²) in [7, 11) is 0. The number of hydrogen-bond acceptors (Lipinski definition) is 4. The SMILES string of the molecule is CCOc1ccc(NC(=O)CN2CCC(Cn3c(C(F)(F)F)nc4ccccc43)CC2)cc1. The van der Waals surface area contributed by atoms with E-state index in [1.165, 1.54) is 4.57 Å². The molecule has 1 amide bonds. The van der Waals surface area contributed by atoms with Crippen LogP contribution in [0.5, 0.6) is 5.75 Å². The number of nitrogens with zero attached hydrogens (tertiary/aromatic N) is 3. The molecule has 1 N–H and O–H groups in total. The summed E-state index contributed by atoms with van der Waals surface area (Å²) in [4.78, 5) is 18.3. The van der Waals surface area contributed by atoms with E-state index < -0.39 is 12.0 Å². The maximum absolute atomic E-state index is 13.5. The molecule has 0 saturated carbocycles. The Morgan fingerprint density at radius 3 is 2.48 bits per heavy atom. The third-order valence-electron chi connectivity index (χ3n) is 5.87. The Bertz CT molecular complexity index is 1090. The van der Waals surface area contributed by atoms with Gasteiger partial charge in [0.15, 0.2) is 0 Å². The van der Waals surface area contributed by atoms with Crippen LogP contribution in [0.4, 0.5) is 18.9 Å². The predicted octanol–water partition coefficient (Wildman–Crippen LogP) is 4.80. The third-order valence-corrected chi connectivity index (χ3v) is 5.87. The van der Waals surface area contributed by atoms with E-state index in [4.69, 9.17) is 4.74 Å². The van der Waals surface area contributed by atoms with Gasteiger partial charge in [0.2, 0.25) is 11.7 Å². The first-order valence-electron chi connectivity index (χ1n) is 11.1. The predicted molar refractivity (Wildman–Crippen MR) is 120 cm³/mol. The minimum atomic E-state index is -4.50. The lowest BCUT2D eigenvalue weighted by atomic mass is 9.96. The number of rotatable bonds is 7. The molecule has 33 heavy (non-hydrogen) atoms. The number of ether oxygens (including phenoxy) is 1. The molecule has 0 atom stereocenters. The number of likely N-dealkylation sites (tertiary alicyclic amines) is 1. The van der Waals surface area contributed by atoms with Crippen molar-refractivity contribution in [3.8, 4) is 5.75 Å². The van der Waals surface area contributed by atoms with Gasteiger partial charge in [0.05, 0.1) is 24.2 Å². The molecule has 0 radical (unpaired) electrons. The van der Waals surface area contributed by atoms with Crippen LogP contribution in [-0.4, -0.2) is 46.6 Å². The smallest absolute Gasteiger partial charge is 0.449 e. The van der Waals surface area contributed by atoms with E-state index in [0.29, 0.717) is 36.4 Å². The Balaban J connectivity index is 1.32. The van der Waals surface area contributed by atoms with Crippen molar-refractivity contribution in [2.45, 2.75) is 32.5 Å². The highest BCUT2D eigenvalue weighted by Crippen LogP contribution is 2.33. The Labute approximate surface area is 190 Å². The molecule has 1 aromatic heterocycles. The standard InChI is InChI=1S/C24H27F3N4O2/c1-2-33-19-9-7-18(8-10-19)28-22(32)16-30-13-11-17(12-14-30)15-31-21-6-4-3-5-20(21)29-23(31)24(25,26)27/h3-10,17H,2,11-16H2,1H3,(H,28,32). The molecule has 1 fully saturated rings. The zero-order valence-corrected chi connectivity index (χ0v) is 18.4. The molecular formula is C24H27F3N4O2. The summed E-state index contributed by atoms with van der Waals surface area (Å²) in [6.07, 6.45) is -3.06. The molecule has 176 valence electrons. The van der Waals surface area contributed by atoms with Crippen molar-refractivity contribution in [2.24, 2.45) is 5.92 Å². The summed E-state index contributed by atoms with van der Waals surface area (Å²) < 4.78 is 47.3. The van der Waals surface area contributed by atoms with Gasteiger partial charge in [-0.05, 0) is 75.2 Å². The molecule has 9 heteroatoms. The number of carbonyl (C=O) groups excluding carboxylic acids is 1. The lowest BCUT2D eigenvalue weighted by molar-refractivity contribution is -0.147. The highest BCUT2D eigenvalue weighted by atomic mass is 19.4. The fourth-order valence-corrected chi connectivity index (χ4v) is 4.27. The molecule has 6 nitrogen and oxygen atoms in total. The number of piperidine rings is 1. The van der Waals surface area contributed by atoms with Gasteiger partial charge in [0.1, 0.15) is 5.75 Å². The molecule has 2 aromatic carbocycles. The van der Waals surface area contributed by atoms with Crippen molar-refractivity contribution in [1.29, 1.82) is 0 Å². The van der Waals surface area contributed by atoms with Crippen molar-refractivity contribution >= 4 is 22.6 Å². The Morgan fingerprint density at radius 2 is 1.82 bits per heavy atom. The number of para-hydroxylation sites is 2. The van der Waals surface area contributed by atoms with Crippen molar-refractivity contribution in [3.05, 3.63) is 54.4 Å². The largest absolute Gasteiger partial charge is 0.494 e. The highest BCUT2D eigenvalue weighted by molar-refractivity contribution is 5.92. The van der Waals surface area contributed by atoms with Crippen LogP contribution in [0.15, 0.2) is 48.5 Å². The Hall–Kier alpha value is -3.07. The quantitative estimate of drug-likeness (QED) is 0.550. The fourth-order valence-electron chi connectivity index (χ4n) is 4.27. The van der Waals surface area contributed by atoms with Gasteiger partial charge in [-0.15, -0.1) is 0 Å². The highest BCUT2D eigenvalue weighted by Gasteiger charge is 2.38. The molecule has 4 rings (SSSR count). The van der Waals surface area contributed by atoms with E-state index in [0.717, 1.165) is 18.6 Å². The molecule has 1 aliphatic rings. The number of halogens is 3. The fraction of sp³-hybridized carbons (Fsp3) is 0.417. The van der Waals surface area contributed by atoms with E-state index in [1.54, 1.807) is 48.5 Å². The first-order valence-corrected chi connectivity index (χ1v) is 11.1. The van der Waals surface area contributed by atoms with Gasteiger partial charge in [-0.3, -0.25) is 9.69 Å². The number of hydrogen-bond donors (Lipinski definition) is 1. The van der Waals surface area contributed by atoms with Crippen LogP contribution >= 0.6 is 0 Å². The van der Waals surface area contributed by atoms with Gasteiger partial charge >= 0.3 is 6.18 Å². The van der Waals surface area contributed by atoms with E-state index in [-0.39, 0.29) is 24.9 Å². The number of fused-ring (bicyclic) bond motifs is 1. The number of amides is 1. The second-order valence-electron chi connectivity index (χ2n) is 8.26. The molecular weight excluding hydrogens is 433 g/mol. The molecule has 1 aliphatic heterocycles. The molecule has 0 aliphatic carbocycles. The molecule has 0 spiro atoms. The minimum Gasteiger partial charge on any atom is -0.494 e. The third kappa shape index (κ3) is 5.65. The van der Waals surface area contributed by atoms with Crippen LogP contribution in [0.1, 0.15) is 25.6 Å². The number of aromatic nitrogens is 2. The van der Waals surface area contributed by atoms with Crippen LogP contribution < -0.4 is 10.1 Å². The second-order valence-corrected chi connectivity index (χ2v) is 8.26. The van der Waals surface area contributed by atoms with Crippen LogP contribution in [0, 0.1) is 5.92 Å². The summed E-state index contributed by atoms with van der Waals surface area (Å²) in [6.45, 7) is 4.33. The van der Waals surface area contributed by atoms with Crippen molar-refractivity contribution in [2.75, 3.05) is 31.6 Å².